The van der Waals surface area contributed by atoms with Crippen LogP contribution in [0.3, 0.4) is 0 Å². The van der Waals surface area contributed by atoms with Gasteiger partial charge in [-0.05, 0) is 72.2 Å². The molecule has 1 amide bonds. The minimum atomic E-state index is -0.288. The first kappa shape index (κ1) is 34.2. The SMILES string of the molecule is CSC1=CC=C(C(=O)Oc2ccc(OCCCCCCCCNC(=O)[C@H](/C=C/c3ccccc3)[N+](C)(C)C)cc2)C(C)C1. The molecule has 1 aliphatic rings. The van der Waals surface area contributed by atoms with Gasteiger partial charge in [0.15, 0.2) is 6.04 Å². The van der Waals surface area contributed by atoms with Gasteiger partial charge in [0, 0.05) is 12.1 Å². The van der Waals surface area contributed by atoms with Crippen LogP contribution in [0, 0.1) is 5.92 Å². The van der Waals surface area contributed by atoms with Crippen LogP contribution in [0.5, 0.6) is 11.5 Å². The van der Waals surface area contributed by atoms with Gasteiger partial charge in [-0.2, -0.15) is 0 Å². The van der Waals surface area contributed by atoms with Gasteiger partial charge in [0.25, 0.3) is 5.91 Å². The third-order valence-corrected chi connectivity index (χ3v) is 8.36. The number of nitrogens with zero attached hydrogens (tertiary/aromatic N) is 1. The predicted molar refractivity (Wildman–Crippen MR) is 179 cm³/mol. The van der Waals surface area contributed by atoms with E-state index in [2.05, 4.69) is 18.5 Å². The van der Waals surface area contributed by atoms with Crippen molar-refractivity contribution in [1.82, 2.24) is 5.32 Å². The number of thioether (sulfide) groups is 1. The fourth-order valence-electron chi connectivity index (χ4n) is 4.92. The first-order valence-electron chi connectivity index (χ1n) is 15.4. The van der Waals surface area contributed by atoms with Gasteiger partial charge in [0.1, 0.15) is 11.5 Å². The highest BCUT2D eigenvalue weighted by Crippen LogP contribution is 2.31. The third kappa shape index (κ3) is 12.1. The van der Waals surface area contributed by atoms with E-state index in [0.29, 0.717) is 29.0 Å². The van der Waals surface area contributed by atoms with E-state index in [9.17, 15) is 9.59 Å². The normalized spacial score (nSPS) is 15.9. The van der Waals surface area contributed by atoms with Crippen LogP contribution in [-0.4, -0.2) is 63.0 Å². The van der Waals surface area contributed by atoms with Crippen LogP contribution in [0.1, 0.15) is 57.4 Å². The molecule has 0 heterocycles. The van der Waals surface area contributed by atoms with E-state index in [-0.39, 0.29) is 23.8 Å². The summed E-state index contributed by atoms with van der Waals surface area (Å²) in [5, 5.41) is 3.13. The summed E-state index contributed by atoms with van der Waals surface area (Å²) >= 11 is 1.72. The highest BCUT2D eigenvalue weighted by atomic mass is 32.2. The number of likely N-dealkylation sites (N-methyl/N-ethyl adjacent to an activating group) is 1. The molecule has 43 heavy (non-hydrogen) atoms. The van der Waals surface area contributed by atoms with E-state index in [4.69, 9.17) is 9.47 Å². The Morgan fingerprint density at radius 1 is 0.930 bits per heavy atom. The van der Waals surface area contributed by atoms with Gasteiger partial charge in [0.2, 0.25) is 0 Å². The molecular weight excluding hydrogens is 556 g/mol. The number of amides is 1. The van der Waals surface area contributed by atoms with E-state index >= 15 is 0 Å². The Morgan fingerprint density at radius 3 is 2.23 bits per heavy atom. The highest BCUT2D eigenvalue weighted by molar-refractivity contribution is 8.02. The van der Waals surface area contributed by atoms with Gasteiger partial charge >= 0.3 is 5.97 Å². The van der Waals surface area contributed by atoms with E-state index in [1.807, 2.05) is 87.9 Å². The third-order valence-electron chi connectivity index (χ3n) is 7.53. The number of unbranched alkanes of at least 4 members (excludes halogenated alkanes) is 5. The maximum Gasteiger partial charge on any atom is 0.339 e. The molecule has 0 spiro atoms. The average Bonchev–Trinajstić information content (AvgIpc) is 2.98. The van der Waals surface area contributed by atoms with Gasteiger partial charge in [-0.25, -0.2) is 4.79 Å². The van der Waals surface area contributed by atoms with Gasteiger partial charge in [-0.15, -0.1) is 11.8 Å². The number of hydrogen-bond donors (Lipinski definition) is 1. The van der Waals surface area contributed by atoms with Gasteiger partial charge in [0.05, 0.1) is 27.7 Å². The summed E-state index contributed by atoms with van der Waals surface area (Å²) in [6.45, 7) is 3.42. The minimum absolute atomic E-state index is 0.0708. The van der Waals surface area contributed by atoms with Crippen LogP contribution in [-0.2, 0) is 9.59 Å². The Morgan fingerprint density at radius 2 is 1.58 bits per heavy atom. The van der Waals surface area contributed by atoms with Crippen molar-refractivity contribution in [2.45, 2.75) is 57.9 Å². The molecule has 2 aromatic rings. The Labute approximate surface area is 262 Å². The van der Waals surface area contributed by atoms with Crippen LogP contribution < -0.4 is 14.8 Å². The molecule has 1 N–H and O–H groups in total. The van der Waals surface area contributed by atoms with Crippen molar-refractivity contribution >= 4 is 29.7 Å². The summed E-state index contributed by atoms with van der Waals surface area (Å²) in [6.07, 6.45) is 17.3. The molecule has 1 aliphatic carbocycles. The van der Waals surface area contributed by atoms with E-state index in [0.717, 1.165) is 56.3 Å². The Hall–Kier alpha value is -3.29. The van der Waals surface area contributed by atoms with E-state index in [1.165, 1.54) is 4.91 Å². The lowest BCUT2D eigenvalue weighted by Crippen LogP contribution is -2.52. The topological polar surface area (TPSA) is 64.6 Å². The first-order valence-corrected chi connectivity index (χ1v) is 16.6. The number of hydrogen-bond acceptors (Lipinski definition) is 5. The fourth-order valence-corrected chi connectivity index (χ4v) is 5.54. The Balaban J connectivity index is 1.25. The zero-order chi connectivity index (χ0) is 31.1. The van der Waals surface area contributed by atoms with Crippen LogP contribution >= 0.6 is 11.8 Å². The number of esters is 1. The molecule has 1 unspecified atom stereocenters. The minimum Gasteiger partial charge on any atom is -0.494 e. The summed E-state index contributed by atoms with van der Waals surface area (Å²) in [6, 6.07) is 17.1. The zero-order valence-corrected chi connectivity index (χ0v) is 27.3. The van der Waals surface area contributed by atoms with Crippen molar-refractivity contribution in [3.63, 3.8) is 0 Å². The highest BCUT2D eigenvalue weighted by Gasteiger charge is 2.28. The van der Waals surface area contributed by atoms with Crippen LogP contribution in [0.2, 0.25) is 0 Å². The molecule has 232 valence electrons. The number of benzene rings is 2. The summed E-state index contributed by atoms with van der Waals surface area (Å²) in [7, 11) is 6.14. The van der Waals surface area contributed by atoms with Crippen molar-refractivity contribution in [2.24, 2.45) is 5.92 Å². The second kappa shape index (κ2) is 17.7. The zero-order valence-electron chi connectivity index (χ0n) is 26.5. The van der Waals surface area contributed by atoms with Gasteiger partial charge in [-0.1, -0.05) is 81.2 Å². The van der Waals surface area contributed by atoms with Crippen LogP contribution in [0.25, 0.3) is 6.08 Å². The van der Waals surface area contributed by atoms with Crippen molar-refractivity contribution in [1.29, 1.82) is 0 Å². The standard InChI is InChI=1S/C36H48N2O4S/c1-28-27-32(43-5)22-23-33(28)36(40)42-31-20-18-30(19-21-31)41-26-14-9-7-6-8-13-25-37-35(39)34(38(2,3)4)24-17-29-15-11-10-12-16-29/h10-12,15-24,28,34H,6-9,13-14,25-27H2,1-5H3/p+1/b24-17+/t28?,34-/m0/s1. The van der Waals surface area contributed by atoms with Crippen LogP contribution in [0.4, 0.5) is 0 Å². The smallest absolute Gasteiger partial charge is 0.339 e. The molecule has 6 nitrogen and oxygen atoms in total. The Kier molecular flexibility index (Phi) is 14.1. The molecule has 0 aromatic heterocycles. The summed E-state index contributed by atoms with van der Waals surface area (Å²) in [5.41, 5.74) is 1.81. The van der Waals surface area contributed by atoms with E-state index in [1.54, 1.807) is 23.9 Å². The maximum atomic E-state index is 12.9. The molecule has 2 atom stereocenters. The predicted octanol–water partition coefficient (Wildman–Crippen LogP) is 7.43. The van der Waals surface area contributed by atoms with Crippen molar-refractivity contribution in [3.8, 4) is 11.5 Å². The maximum absolute atomic E-state index is 12.9. The molecule has 0 fully saturated rings. The molecule has 0 saturated heterocycles. The fraction of sp³-hybridized carbons (Fsp3) is 0.444. The molecular formula is C36H49N2O4S+. The molecule has 3 rings (SSSR count). The molecule has 7 heteroatoms. The van der Waals surface area contributed by atoms with Gasteiger partial charge in [-0.3, -0.25) is 4.79 Å². The lowest BCUT2D eigenvalue weighted by molar-refractivity contribution is -0.879. The number of rotatable bonds is 17. The number of quaternary nitrogens is 1. The molecule has 2 aromatic carbocycles. The summed E-state index contributed by atoms with van der Waals surface area (Å²) in [4.78, 5) is 26.8. The van der Waals surface area contributed by atoms with Crippen molar-refractivity contribution in [2.75, 3.05) is 40.6 Å². The number of carbonyl (C=O) groups excluding carboxylic acids is 2. The van der Waals surface area contributed by atoms with Crippen molar-refractivity contribution < 1.29 is 23.5 Å². The van der Waals surface area contributed by atoms with Crippen molar-refractivity contribution in [3.05, 3.63) is 88.9 Å². The first-order chi connectivity index (χ1) is 20.7. The van der Waals surface area contributed by atoms with Gasteiger partial charge < -0.3 is 19.3 Å². The average molecular weight is 606 g/mol. The van der Waals surface area contributed by atoms with E-state index < -0.39 is 0 Å². The number of nitrogens with one attached hydrogen (secondary N) is 1. The molecule has 0 aliphatic heterocycles. The number of carbonyl (C=O) groups is 2. The molecule has 0 saturated carbocycles. The Bertz CT molecular complexity index is 1250. The summed E-state index contributed by atoms with van der Waals surface area (Å²) in [5.74, 6) is 1.24. The second-order valence-corrected chi connectivity index (χ2v) is 12.9. The largest absolute Gasteiger partial charge is 0.494 e. The lowest BCUT2D eigenvalue weighted by atomic mass is 9.93. The molecule has 0 bridgehead atoms. The summed E-state index contributed by atoms with van der Waals surface area (Å²) < 4.78 is 12.0. The van der Waals surface area contributed by atoms with Crippen LogP contribution in [0.15, 0.2) is 83.3 Å². The lowest BCUT2D eigenvalue weighted by Gasteiger charge is -2.31. The monoisotopic (exact) mass is 605 g/mol. The second-order valence-electron chi connectivity index (χ2n) is 12.0. The quantitative estimate of drug-likeness (QED) is 0.0880. The molecule has 0 radical (unpaired) electrons. The number of allylic oxidation sites excluding steroid dienone is 3. The number of ether oxygens (including phenoxy) is 2.